The van der Waals surface area contributed by atoms with Crippen LogP contribution in [0.5, 0.6) is 11.5 Å². The molecular formula is C17H24N4O3. The smallest absolute Gasteiger partial charge is 0.269 e. The van der Waals surface area contributed by atoms with Gasteiger partial charge in [-0.15, -0.1) is 0 Å². The van der Waals surface area contributed by atoms with Gasteiger partial charge in [0.2, 0.25) is 0 Å². The summed E-state index contributed by atoms with van der Waals surface area (Å²) in [7, 11) is 8.87. The number of nitrogens with zero attached hydrogens (tertiary/aromatic N) is 3. The molecule has 0 atom stereocenters. The van der Waals surface area contributed by atoms with Gasteiger partial charge in [-0.25, -0.2) is 0 Å². The maximum Gasteiger partial charge on any atom is 0.269 e. The number of amides is 1. The van der Waals surface area contributed by atoms with Crippen LogP contribution in [0.3, 0.4) is 0 Å². The molecule has 2 aromatic rings. The van der Waals surface area contributed by atoms with Gasteiger partial charge in [0, 0.05) is 31.8 Å². The first kappa shape index (κ1) is 17.8. The van der Waals surface area contributed by atoms with E-state index in [1.165, 1.54) is 0 Å². The Morgan fingerprint density at radius 2 is 2.00 bits per heavy atom. The largest absolute Gasteiger partial charge is 0.497 e. The molecule has 0 aliphatic heterocycles. The van der Waals surface area contributed by atoms with E-state index in [-0.39, 0.29) is 5.91 Å². The van der Waals surface area contributed by atoms with Crippen molar-refractivity contribution in [3.8, 4) is 22.8 Å². The minimum atomic E-state index is -0.148. The van der Waals surface area contributed by atoms with Gasteiger partial charge in [-0.05, 0) is 32.3 Å². The number of likely N-dealkylation sites (N-methyl/N-ethyl adjacent to an activating group) is 1. The average molecular weight is 332 g/mol. The zero-order valence-corrected chi connectivity index (χ0v) is 14.8. The third-order valence-corrected chi connectivity index (χ3v) is 3.64. The lowest BCUT2D eigenvalue weighted by Crippen LogP contribution is -2.32. The summed E-state index contributed by atoms with van der Waals surface area (Å²) in [4.78, 5) is 14.3. The highest BCUT2D eigenvalue weighted by Gasteiger charge is 2.16. The van der Waals surface area contributed by atoms with Crippen LogP contribution in [0.15, 0.2) is 24.3 Å². The van der Waals surface area contributed by atoms with Crippen LogP contribution < -0.4 is 14.8 Å². The molecule has 1 N–H and O–H groups in total. The molecule has 0 aliphatic rings. The fourth-order valence-corrected chi connectivity index (χ4v) is 2.31. The molecule has 1 amide bonds. The summed E-state index contributed by atoms with van der Waals surface area (Å²) in [6, 6.07) is 7.26. The average Bonchev–Trinajstić information content (AvgIpc) is 2.95. The van der Waals surface area contributed by atoms with Gasteiger partial charge < -0.3 is 19.7 Å². The molecule has 0 unspecified atom stereocenters. The molecular weight excluding hydrogens is 308 g/mol. The zero-order valence-electron chi connectivity index (χ0n) is 14.8. The molecule has 2 rings (SSSR count). The minimum Gasteiger partial charge on any atom is -0.497 e. The number of hydrogen-bond donors (Lipinski definition) is 1. The Morgan fingerprint density at radius 1 is 1.25 bits per heavy atom. The van der Waals surface area contributed by atoms with Crippen molar-refractivity contribution in [3.05, 3.63) is 30.0 Å². The van der Waals surface area contributed by atoms with Gasteiger partial charge in [-0.1, -0.05) is 0 Å². The first-order valence-electron chi connectivity index (χ1n) is 7.65. The molecule has 7 nitrogen and oxygen atoms in total. The molecule has 7 heteroatoms. The summed E-state index contributed by atoms with van der Waals surface area (Å²) in [5.74, 6) is 1.20. The predicted molar refractivity (Wildman–Crippen MR) is 92.6 cm³/mol. The second kappa shape index (κ2) is 7.83. The maximum absolute atomic E-state index is 12.3. The molecule has 24 heavy (non-hydrogen) atoms. The molecule has 1 aromatic carbocycles. The van der Waals surface area contributed by atoms with Crippen LogP contribution in [0, 0.1) is 0 Å². The van der Waals surface area contributed by atoms with Gasteiger partial charge in [0.25, 0.3) is 5.91 Å². The number of rotatable bonds is 7. The Hall–Kier alpha value is -2.54. The van der Waals surface area contributed by atoms with Crippen LogP contribution in [0.1, 0.15) is 10.5 Å². The molecule has 0 saturated heterocycles. The van der Waals surface area contributed by atoms with Crippen molar-refractivity contribution in [2.75, 3.05) is 41.4 Å². The van der Waals surface area contributed by atoms with Crippen molar-refractivity contribution in [2.24, 2.45) is 7.05 Å². The quantitative estimate of drug-likeness (QED) is 0.830. The van der Waals surface area contributed by atoms with E-state index in [2.05, 4.69) is 10.4 Å². The van der Waals surface area contributed by atoms with Crippen molar-refractivity contribution < 1.29 is 14.3 Å². The zero-order chi connectivity index (χ0) is 17.7. The number of benzene rings is 1. The topological polar surface area (TPSA) is 68.6 Å². The lowest BCUT2D eigenvalue weighted by molar-refractivity contribution is 0.0941. The summed E-state index contributed by atoms with van der Waals surface area (Å²) in [6.07, 6.45) is 0. The van der Waals surface area contributed by atoms with Gasteiger partial charge in [-0.2, -0.15) is 5.10 Å². The van der Waals surface area contributed by atoms with Crippen molar-refractivity contribution in [2.45, 2.75) is 0 Å². The molecule has 0 radical (unpaired) electrons. The van der Waals surface area contributed by atoms with E-state index < -0.39 is 0 Å². The Kier molecular flexibility index (Phi) is 5.81. The predicted octanol–water partition coefficient (Wildman–Crippen LogP) is 1.40. The van der Waals surface area contributed by atoms with Gasteiger partial charge in [0.15, 0.2) is 0 Å². The third-order valence-electron chi connectivity index (χ3n) is 3.64. The summed E-state index contributed by atoms with van der Waals surface area (Å²) in [5.41, 5.74) is 1.98. The molecule has 130 valence electrons. The van der Waals surface area contributed by atoms with Crippen LogP contribution in [-0.4, -0.2) is 62.0 Å². The number of aromatic nitrogens is 2. The van der Waals surface area contributed by atoms with E-state index >= 15 is 0 Å². The lowest BCUT2D eigenvalue weighted by atomic mass is 10.1. The van der Waals surface area contributed by atoms with Gasteiger partial charge >= 0.3 is 0 Å². The summed E-state index contributed by atoms with van der Waals surface area (Å²) in [6.45, 7) is 1.36. The Bertz CT molecular complexity index is 710. The van der Waals surface area contributed by atoms with Crippen LogP contribution in [-0.2, 0) is 7.05 Å². The summed E-state index contributed by atoms with van der Waals surface area (Å²) >= 11 is 0. The van der Waals surface area contributed by atoms with Gasteiger partial charge in [0.05, 0.1) is 19.9 Å². The van der Waals surface area contributed by atoms with E-state index in [0.29, 0.717) is 29.4 Å². The normalized spacial score (nSPS) is 10.8. The number of nitrogens with one attached hydrogen (secondary N) is 1. The minimum absolute atomic E-state index is 0.148. The molecule has 0 aliphatic carbocycles. The Labute approximate surface area is 142 Å². The fraction of sp³-hybridized carbons (Fsp3) is 0.412. The summed E-state index contributed by atoms with van der Waals surface area (Å²) < 4.78 is 12.2. The number of ether oxygens (including phenoxy) is 2. The molecule has 0 bridgehead atoms. The molecule has 0 saturated carbocycles. The van der Waals surface area contributed by atoms with Crippen LogP contribution >= 0.6 is 0 Å². The first-order chi connectivity index (χ1) is 11.5. The highest BCUT2D eigenvalue weighted by molar-refractivity contribution is 5.93. The number of carbonyl (C=O) groups excluding carboxylic acids is 1. The van der Waals surface area contributed by atoms with Gasteiger partial charge in [0.1, 0.15) is 17.2 Å². The number of carbonyl (C=O) groups is 1. The van der Waals surface area contributed by atoms with Crippen molar-refractivity contribution in [3.63, 3.8) is 0 Å². The lowest BCUT2D eigenvalue weighted by Gasteiger charge is -2.10. The van der Waals surface area contributed by atoms with Crippen LogP contribution in [0.25, 0.3) is 11.3 Å². The van der Waals surface area contributed by atoms with E-state index in [0.717, 1.165) is 12.1 Å². The van der Waals surface area contributed by atoms with Crippen molar-refractivity contribution >= 4 is 5.91 Å². The second-order valence-electron chi connectivity index (χ2n) is 5.66. The highest BCUT2D eigenvalue weighted by atomic mass is 16.5. The SMILES string of the molecule is COc1ccc(-c2cc(C(=O)NCCN(C)C)n(C)n2)c(OC)c1. The van der Waals surface area contributed by atoms with Crippen molar-refractivity contribution in [1.29, 1.82) is 0 Å². The maximum atomic E-state index is 12.3. The van der Waals surface area contributed by atoms with E-state index in [1.807, 2.05) is 31.1 Å². The van der Waals surface area contributed by atoms with Crippen molar-refractivity contribution in [1.82, 2.24) is 20.0 Å². The Morgan fingerprint density at radius 3 is 2.62 bits per heavy atom. The number of aryl methyl sites for hydroxylation is 1. The van der Waals surface area contributed by atoms with E-state index in [9.17, 15) is 4.79 Å². The third kappa shape index (κ3) is 4.05. The monoisotopic (exact) mass is 332 g/mol. The first-order valence-corrected chi connectivity index (χ1v) is 7.65. The number of hydrogen-bond acceptors (Lipinski definition) is 5. The second-order valence-corrected chi connectivity index (χ2v) is 5.66. The molecule has 1 heterocycles. The van der Waals surface area contributed by atoms with Gasteiger partial charge in [-0.3, -0.25) is 9.48 Å². The summed E-state index contributed by atoms with van der Waals surface area (Å²) in [5, 5.41) is 7.32. The fourth-order valence-electron chi connectivity index (χ4n) is 2.31. The van der Waals surface area contributed by atoms with E-state index in [1.54, 1.807) is 38.1 Å². The van der Waals surface area contributed by atoms with Crippen LogP contribution in [0.2, 0.25) is 0 Å². The molecule has 0 fully saturated rings. The molecule has 1 aromatic heterocycles. The molecule has 0 spiro atoms. The van der Waals surface area contributed by atoms with E-state index in [4.69, 9.17) is 9.47 Å². The van der Waals surface area contributed by atoms with Crippen LogP contribution in [0.4, 0.5) is 0 Å². The Balaban J connectivity index is 2.23. The highest BCUT2D eigenvalue weighted by Crippen LogP contribution is 2.32. The standard InChI is InChI=1S/C17H24N4O3/c1-20(2)9-8-18-17(22)15-11-14(19-21(15)3)13-7-6-12(23-4)10-16(13)24-5/h6-7,10-11H,8-9H2,1-5H3,(H,18,22). The number of methoxy groups -OCH3 is 2.